The smallest absolute Gasteiger partial charge is 0.362 e. The van der Waals surface area contributed by atoms with Gasteiger partial charge in [-0.05, 0) is 19.3 Å². The Labute approximate surface area is 178 Å². The number of unbranched alkanes of at least 4 members (excludes halogenated alkanes) is 6. The van der Waals surface area contributed by atoms with Crippen LogP contribution in [0.4, 0.5) is 0 Å². The average Bonchev–Trinajstić information content (AvgIpc) is 2.66. The van der Waals surface area contributed by atoms with Crippen molar-refractivity contribution in [2.75, 3.05) is 26.2 Å². The lowest BCUT2D eigenvalue weighted by atomic mass is 10.00. The molecule has 0 radical (unpaired) electrons. The van der Waals surface area contributed by atoms with Crippen molar-refractivity contribution in [3.05, 3.63) is 0 Å². The molecule has 0 saturated heterocycles. The Balaban J connectivity index is 5.33. The summed E-state index contributed by atoms with van der Waals surface area (Å²) in [7, 11) is 0. The minimum absolute atomic E-state index is 0.0591. The van der Waals surface area contributed by atoms with Crippen LogP contribution >= 0.6 is 0 Å². The number of hydrogen-bond acceptors (Lipinski definition) is 4. The number of rotatable bonds is 20. The van der Waals surface area contributed by atoms with Gasteiger partial charge in [-0.25, -0.2) is 4.79 Å². The number of quaternary nitrogens is 1. The molecule has 0 aromatic rings. The third-order valence-corrected chi connectivity index (χ3v) is 5.98. The first-order chi connectivity index (χ1) is 13.9. The van der Waals surface area contributed by atoms with E-state index in [-0.39, 0.29) is 30.7 Å². The van der Waals surface area contributed by atoms with Crippen molar-refractivity contribution < 1.29 is 29.7 Å². The molecule has 0 aromatic heterocycles. The molecule has 0 saturated carbocycles. The van der Waals surface area contributed by atoms with Crippen LogP contribution in [0, 0.1) is 0 Å². The zero-order valence-electron chi connectivity index (χ0n) is 19.2. The quantitative estimate of drug-likeness (QED) is 0.178. The Morgan fingerprint density at radius 1 is 0.759 bits per heavy atom. The fraction of sp³-hybridized carbons (Fsp3) is 0.957. The second-order valence-electron chi connectivity index (χ2n) is 8.68. The van der Waals surface area contributed by atoms with Crippen molar-refractivity contribution in [3.63, 3.8) is 0 Å². The van der Waals surface area contributed by atoms with Crippen LogP contribution in [0.2, 0.25) is 0 Å². The molecule has 0 aliphatic carbocycles. The summed E-state index contributed by atoms with van der Waals surface area (Å²) in [4.78, 5) is 12.1. The van der Waals surface area contributed by atoms with E-state index in [1.54, 1.807) is 0 Å². The molecule has 0 fully saturated rings. The number of aliphatic hydroxyl groups is 3. The minimum Gasteiger partial charge on any atom is -0.477 e. The van der Waals surface area contributed by atoms with E-state index in [4.69, 9.17) is 0 Å². The Hall–Kier alpha value is -0.690. The Morgan fingerprint density at radius 3 is 1.59 bits per heavy atom. The second kappa shape index (κ2) is 17.0. The van der Waals surface area contributed by atoms with E-state index in [2.05, 4.69) is 13.8 Å². The number of carbonyl (C=O) groups is 1. The van der Waals surface area contributed by atoms with Crippen LogP contribution in [0.5, 0.6) is 0 Å². The molecule has 0 amide bonds. The van der Waals surface area contributed by atoms with Gasteiger partial charge in [0.25, 0.3) is 0 Å². The van der Waals surface area contributed by atoms with Gasteiger partial charge in [0.1, 0.15) is 31.8 Å². The van der Waals surface area contributed by atoms with Gasteiger partial charge in [0, 0.05) is 6.42 Å². The largest absolute Gasteiger partial charge is 0.477 e. The number of hydrogen-bond donors (Lipinski definition) is 4. The SMILES string of the molecule is CCCCCCC(O)C[N+](CCO)(CC(O)CCCCCC)C(CCC)C(=O)O. The Morgan fingerprint density at radius 2 is 1.24 bits per heavy atom. The fourth-order valence-electron chi connectivity index (χ4n) is 4.41. The Kier molecular flexibility index (Phi) is 16.6. The van der Waals surface area contributed by atoms with E-state index in [9.17, 15) is 25.2 Å². The first-order valence-electron chi connectivity index (χ1n) is 11.9. The number of aliphatic hydroxyl groups excluding tert-OH is 3. The van der Waals surface area contributed by atoms with Gasteiger partial charge in [-0.3, -0.25) is 0 Å². The van der Waals surface area contributed by atoms with Crippen LogP contribution in [0.1, 0.15) is 97.8 Å². The molecule has 4 N–H and O–H groups in total. The van der Waals surface area contributed by atoms with E-state index >= 15 is 0 Å². The molecule has 6 heteroatoms. The second-order valence-corrected chi connectivity index (χ2v) is 8.68. The van der Waals surface area contributed by atoms with E-state index in [1.165, 1.54) is 0 Å². The summed E-state index contributed by atoms with van der Waals surface area (Å²) in [5.74, 6) is -0.906. The Bertz CT molecular complexity index is 385. The highest BCUT2D eigenvalue weighted by atomic mass is 16.4. The summed E-state index contributed by atoms with van der Waals surface area (Å²) in [5, 5.41) is 41.1. The maximum atomic E-state index is 12.1. The fourth-order valence-corrected chi connectivity index (χ4v) is 4.41. The van der Waals surface area contributed by atoms with Gasteiger partial charge in [0.05, 0.1) is 6.61 Å². The van der Waals surface area contributed by atoms with Gasteiger partial charge in [-0.15, -0.1) is 0 Å². The van der Waals surface area contributed by atoms with Gasteiger partial charge >= 0.3 is 5.97 Å². The van der Waals surface area contributed by atoms with Gasteiger partial charge in [0.2, 0.25) is 0 Å². The van der Waals surface area contributed by atoms with Crippen molar-refractivity contribution >= 4 is 5.97 Å². The van der Waals surface area contributed by atoms with E-state index in [0.29, 0.717) is 25.7 Å². The molecule has 3 unspecified atom stereocenters. The summed E-state index contributed by atoms with van der Waals surface area (Å²) < 4.78 is 0.0591. The average molecular weight is 419 g/mol. The van der Waals surface area contributed by atoms with Crippen LogP contribution in [0.25, 0.3) is 0 Å². The van der Waals surface area contributed by atoms with Crippen molar-refractivity contribution in [1.82, 2.24) is 0 Å². The zero-order valence-corrected chi connectivity index (χ0v) is 19.2. The van der Waals surface area contributed by atoms with Crippen molar-refractivity contribution in [2.24, 2.45) is 0 Å². The first kappa shape index (κ1) is 28.3. The molecule has 0 bridgehead atoms. The van der Waals surface area contributed by atoms with Crippen molar-refractivity contribution in [2.45, 2.75) is 116 Å². The highest BCUT2D eigenvalue weighted by molar-refractivity contribution is 5.72. The van der Waals surface area contributed by atoms with Crippen LogP contribution in [-0.4, -0.2) is 75.4 Å². The monoisotopic (exact) mass is 418 g/mol. The summed E-state index contributed by atoms with van der Waals surface area (Å²) in [6.07, 6.45) is 9.68. The molecule has 0 spiro atoms. The zero-order chi connectivity index (χ0) is 22.1. The van der Waals surface area contributed by atoms with Crippen LogP contribution in [-0.2, 0) is 4.79 Å². The van der Waals surface area contributed by atoms with E-state index in [0.717, 1.165) is 51.4 Å². The molecule has 0 aliphatic heterocycles. The number of carboxylic acids is 1. The summed E-state index contributed by atoms with van der Waals surface area (Å²) in [6, 6.07) is -0.720. The topological polar surface area (TPSA) is 98.0 Å². The standard InChI is InChI=1S/C23H47NO5/c1-4-7-9-11-14-20(26)18-24(16-17-25,22(13-6-3)23(28)29)19-21(27)15-12-10-8-5-2/h20-22,25-27H,4-19H2,1-3H3/p+1. The highest BCUT2D eigenvalue weighted by Crippen LogP contribution is 2.24. The molecule has 0 rings (SSSR count). The predicted molar refractivity (Wildman–Crippen MR) is 118 cm³/mol. The molecular formula is C23H48NO5+. The van der Waals surface area contributed by atoms with Crippen LogP contribution in [0.3, 0.4) is 0 Å². The molecule has 3 atom stereocenters. The lowest BCUT2D eigenvalue weighted by molar-refractivity contribution is -0.949. The minimum atomic E-state index is -0.906. The summed E-state index contributed by atoms with van der Waals surface area (Å²) in [5.41, 5.74) is 0. The number of carboxylic acid groups (broad SMARTS) is 1. The normalized spacial score (nSPS) is 16.9. The van der Waals surface area contributed by atoms with E-state index < -0.39 is 24.2 Å². The third kappa shape index (κ3) is 11.9. The molecular weight excluding hydrogens is 370 g/mol. The molecule has 0 aliphatic rings. The lowest BCUT2D eigenvalue weighted by Gasteiger charge is -2.45. The molecule has 0 heterocycles. The molecule has 174 valence electrons. The maximum Gasteiger partial charge on any atom is 0.362 e. The first-order valence-corrected chi connectivity index (χ1v) is 11.9. The summed E-state index contributed by atoms with van der Waals surface area (Å²) >= 11 is 0. The highest BCUT2D eigenvalue weighted by Gasteiger charge is 2.43. The number of nitrogens with zero attached hydrogens (tertiary/aromatic N) is 1. The van der Waals surface area contributed by atoms with Crippen molar-refractivity contribution in [1.29, 1.82) is 0 Å². The maximum absolute atomic E-state index is 12.1. The predicted octanol–water partition coefficient (Wildman–Crippen LogP) is 3.71. The molecule has 29 heavy (non-hydrogen) atoms. The van der Waals surface area contributed by atoms with E-state index in [1.807, 2.05) is 6.92 Å². The van der Waals surface area contributed by atoms with Gasteiger partial charge in [-0.2, -0.15) is 0 Å². The van der Waals surface area contributed by atoms with Gasteiger partial charge < -0.3 is 24.9 Å². The third-order valence-electron chi connectivity index (χ3n) is 5.98. The van der Waals surface area contributed by atoms with Gasteiger partial charge in [0.15, 0.2) is 6.04 Å². The van der Waals surface area contributed by atoms with Gasteiger partial charge in [-0.1, -0.05) is 72.1 Å². The molecule has 0 aromatic carbocycles. The number of aliphatic carboxylic acids is 1. The molecule has 6 nitrogen and oxygen atoms in total. The van der Waals surface area contributed by atoms with Crippen molar-refractivity contribution in [3.8, 4) is 0 Å². The van der Waals surface area contributed by atoms with Crippen LogP contribution in [0.15, 0.2) is 0 Å². The summed E-state index contributed by atoms with van der Waals surface area (Å²) in [6.45, 7) is 6.87. The van der Waals surface area contributed by atoms with Crippen LogP contribution < -0.4 is 0 Å². The lowest BCUT2D eigenvalue weighted by Crippen LogP contribution is -2.64.